The predicted octanol–water partition coefficient (Wildman–Crippen LogP) is 7.91. The summed E-state index contributed by atoms with van der Waals surface area (Å²) in [5.41, 5.74) is 3.04. The van der Waals surface area contributed by atoms with Crippen LogP contribution >= 0.6 is 11.8 Å². The molecule has 3 aliphatic carbocycles. The summed E-state index contributed by atoms with van der Waals surface area (Å²) in [5, 5.41) is 0. The van der Waals surface area contributed by atoms with E-state index in [2.05, 4.69) is 81.6 Å². The van der Waals surface area contributed by atoms with Gasteiger partial charge in [0.05, 0.1) is 0 Å². The van der Waals surface area contributed by atoms with Crippen molar-refractivity contribution < 1.29 is 0 Å². The Labute approximate surface area is 170 Å². The summed E-state index contributed by atoms with van der Waals surface area (Å²) in [6.45, 7) is 11.8. The third-order valence-electron chi connectivity index (χ3n) is 8.38. The molecule has 0 bridgehead atoms. The van der Waals surface area contributed by atoms with Gasteiger partial charge in [0.2, 0.25) is 0 Å². The maximum atomic E-state index is 4.14. The van der Waals surface area contributed by atoms with Crippen LogP contribution in [0, 0.1) is 28.1 Å². The van der Waals surface area contributed by atoms with Gasteiger partial charge in [-0.25, -0.2) is 0 Å². The lowest BCUT2D eigenvalue weighted by atomic mass is 9.46. The molecule has 0 unspecified atom stereocenters. The second kappa shape index (κ2) is 7.14. The SMILES string of the molecule is C=C[C@]1(C)CC[C@@H]2C(=CC[C@H]3[C@](C)(CSc4ccccc4)CCC[C@]23C)C1. The summed E-state index contributed by atoms with van der Waals surface area (Å²) in [7, 11) is 0. The van der Waals surface area contributed by atoms with Gasteiger partial charge >= 0.3 is 0 Å². The fraction of sp³-hybridized carbons (Fsp3) is 0.615. The van der Waals surface area contributed by atoms with E-state index in [9.17, 15) is 0 Å². The smallest absolute Gasteiger partial charge is 0.00721 e. The third-order valence-corrected chi connectivity index (χ3v) is 9.79. The zero-order valence-electron chi connectivity index (χ0n) is 17.5. The van der Waals surface area contributed by atoms with Crippen molar-refractivity contribution in [3.05, 3.63) is 54.6 Å². The van der Waals surface area contributed by atoms with Crippen LogP contribution in [0.4, 0.5) is 0 Å². The predicted molar refractivity (Wildman–Crippen MR) is 119 cm³/mol. The van der Waals surface area contributed by atoms with Gasteiger partial charge in [0.15, 0.2) is 0 Å². The first-order chi connectivity index (χ1) is 12.9. The largest absolute Gasteiger partial charge is 0.126 e. The minimum Gasteiger partial charge on any atom is -0.126 e. The molecule has 1 aromatic carbocycles. The van der Waals surface area contributed by atoms with E-state index in [1.807, 2.05) is 0 Å². The fourth-order valence-corrected chi connectivity index (χ4v) is 7.87. The average Bonchev–Trinajstić information content (AvgIpc) is 2.67. The van der Waals surface area contributed by atoms with E-state index in [4.69, 9.17) is 0 Å². The number of rotatable bonds is 4. The van der Waals surface area contributed by atoms with Gasteiger partial charge in [0, 0.05) is 10.6 Å². The van der Waals surface area contributed by atoms with E-state index < -0.39 is 0 Å². The first-order valence-corrected chi connectivity index (χ1v) is 11.9. The molecule has 1 aromatic rings. The van der Waals surface area contributed by atoms with Crippen LogP contribution in [0.2, 0.25) is 0 Å². The van der Waals surface area contributed by atoms with E-state index >= 15 is 0 Å². The highest BCUT2D eigenvalue weighted by Crippen LogP contribution is 2.64. The highest BCUT2D eigenvalue weighted by Gasteiger charge is 2.55. The third kappa shape index (κ3) is 3.46. The van der Waals surface area contributed by atoms with Crippen molar-refractivity contribution in [3.8, 4) is 0 Å². The summed E-state index contributed by atoms with van der Waals surface area (Å²) in [6, 6.07) is 11.0. The van der Waals surface area contributed by atoms with Gasteiger partial charge in [-0.2, -0.15) is 0 Å². The molecular weight excluding hydrogens is 344 g/mol. The second-order valence-electron chi connectivity index (χ2n) is 10.3. The molecule has 1 heteroatoms. The first kappa shape index (κ1) is 19.4. The zero-order valence-corrected chi connectivity index (χ0v) is 18.3. The van der Waals surface area contributed by atoms with Crippen molar-refractivity contribution >= 4 is 11.8 Å². The Hall–Kier alpha value is -0.950. The molecule has 4 rings (SSSR count). The van der Waals surface area contributed by atoms with Crippen molar-refractivity contribution in [2.75, 3.05) is 5.75 Å². The fourth-order valence-electron chi connectivity index (χ4n) is 6.67. The topological polar surface area (TPSA) is 0 Å². The molecule has 0 radical (unpaired) electrons. The molecule has 0 amide bonds. The summed E-state index contributed by atoms with van der Waals surface area (Å²) >= 11 is 2.08. The summed E-state index contributed by atoms with van der Waals surface area (Å²) < 4.78 is 0. The average molecular weight is 381 g/mol. The van der Waals surface area contributed by atoms with Crippen LogP contribution in [-0.4, -0.2) is 5.75 Å². The van der Waals surface area contributed by atoms with Gasteiger partial charge in [0.25, 0.3) is 0 Å². The van der Waals surface area contributed by atoms with Gasteiger partial charge < -0.3 is 0 Å². The van der Waals surface area contributed by atoms with Crippen molar-refractivity contribution in [2.45, 2.75) is 70.6 Å². The van der Waals surface area contributed by atoms with Gasteiger partial charge in [-0.3, -0.25) is 0 Å². The minimum absolute atomic E-state index is 0.326. The molecule has 0 N–H and O–H groups in total. The highest BCUT2D eigenvalue weighted by molar-refractivity contribution is 7.99. The Bertz CT molecular complexity index is 719. The van der Waals surface area contributed by atoms with E-state index in [1.165, 1.54) is 55.6 Å². The van der Waals surface area contributed by atoms with E-state index in [0.717, 1.165) is 11.8 Å². The molecule has 0 nitrogen and oxygen atoms in total. The Kier molecular flexibility index (Phi) is 5.12. The summed E-state index contributed by atoms with van der Waals surface area (Å²) in [6.07, 6.45) is 14.3. The zero-order chi connectivity index (χ0) is 19.1. The van der Waals surface area contributed by atoms with Crippen LogP contribution in [0.15, 0.2) is 59.5 Å². The van der Waals surface area contributed by atoms with Gasteiger partial charge in [-0.05, 0) is 78.7 Å². The summed E-state index contributed by atoms with van der Waals surface area (Å²) in [5.74, 6) is 2.90. The van der Waals surface area contributed by atoms with Crippen LogP contribution in [-0.2, 0) is 0 Å². The van der Waals surface area contributed by atoms with Crippen molar-refractivity contribution in [2.24, 2.45) is 28.1 Å². The standard InChI is InChI=1S/C26H36S/c1-5-24(2)17-14-22-20(18-24)12-13-23-25(3,15-9-16-26(22,23)4)19-27-21-10-7-6-8-11-21/h5-8,10-12,22-23H,1,9,13-19H2,2-4H3/t22-,23+,24-,25+,26-/m1/s1. The quantitative estimate of drug-likeness (QED) is 0.377. The van der Waals surface area contributed by atoms with Gasteiger partial charge in [-0.15, -0.1) is 18.3 Å². The Morgan fingerprint density at radius 3 is 2.63 bits per heavy atom. The maximum absolute atomic E-state index is 4.14. The van der Waals surface area contributed by atoms with Crippen LogP contribution in [0.5, 0.6) is 0 Å². The second-order valence-corrected chi connectivity index (χ2v) is 11.4. The van der Waals surface area contributed by atoms with Crippen LogP contribution in [0.25, 0.3) is 0 Å². The normalized spacial score (nSPS) is 41.2. The van der Waals surface area contributed by atoms with E-state index in [0.29, 0.717) is 16.2 Å². The first-order valence-electron chi connectivity index (χ1n) is 10.9. The van der Waals surface area contributed by atoms with E-state index in [-0.39, 0.29) is 0 Å². The molecule has 3 aliphatic rings. The Morgan fingerprint density at radius 1 is 1.11 bits per heavy atom. The molecular formula is C26H36S. The molecule has 0 aliphatic heterocycles. The van der Waals surface area contributed by atoms with Crippen LogP contribution < -0.4 is 0 Å². The number of allylic oxidation sites excluding steroid dienone is 3. The van der Waals surface area contributed by atoms with Crippen LogP contribution in [0.1, 0.15) is 65.7 Å². The number of thioether (sulfide) groups is 1. The lowest BCUT2D eigenvalue weighted by Crippen LogP contribution is -2.52. The number of hydrogen-bond donors (Lipinski definition) is 0. The maximum Gasteiger partial charge on any atom is 0.00721 e. The minimum atomic E-state index is 0.326. The Morgan fingerprint density at radius 2 is 1.89 bits per heavy atom. The molecule has 0 aromatic heterocycles. The molecule has 0 spiro atoms. The molecule has 0 heterocycles. The van der Waals surface area contributed by atoms with Gasteiger partial charge in [-0.1, -0.05) is 63.1 Å². The lowest BCUT2D eigenvalue weighted by Gasteiger charge is -2.60. The number of benzene rings is 1. The Balaban J connectivity index is 1.57. The monoisotopic (exact) mass is 380 g/mol. The molecule has 0 saturated heterocycles. The van der Waals surface area contributed by atoms with Crippen molar-refractivity contribution in [3.63, 3.8) is 0 Å². The van der Waals surface area contributed by atoms with Crippen LogP contribution in [0.3, 0.4) is 0 Å². The molecule has 2 fully saturated rings. The van der Waals surface area contributed by atoms with Crippen molar-refractivity contribution in [1.82, 2.24) is 0 Å². The highest BCUT2D eigenvalue weighted by atomic mass is 32.2. The van der Waals surface area contributed by atoms with Gasteiger partial charge in [0.1, 0.15) is 0 Å². The summed E-state index contributed by atoms with van der Waals surface area (Å²) in [4.78, 5) is 1.43. The molecule has 2 saturated carbocycles. The van der Waals surface area contributed by atoms with E-state index in [1.54, 1.807) is 5.57 Å². The van der Waals surface area contributed by atoms with Crippen molar-refractivity contribution in [1.29, 1.82) is 0 Å². The number of hydrogen-bond acceptors (Lipinski definition) is 1. The molecule has 5 atom stereocenters. The molecule has 146 valence electrons. The number of fused-ring (bicyclic) bond motifs is 3. The lowest BCUT2D eigenvalue weighted by molar-refractivity contribution is -0.0466. The molecule has 27 heavy (non-hydrogen) atoms.